The highest BCUT2D eigenvalue weighted by atomic mass is 32.1. The van der Waals surface area contributed by atoms with Crippen LogP contribution in [0.3, 0.4) is 0 Å². The van der Waals surface area contributed by atoms with E-state index in [0.717, 1.165) is 19.3 Å². The molecule has 1 heteroatoms. The van der Waals surface area contributed by atoms with Crippen LogP contribution in [0, 0.1) is 0 Å². The van der Waals surface area contributed by atoms with Gasteiger partial charge in [0.05, 0.1) is 0 Å². The lowest BCUT2D eigenvalue weighted by atomic mass is 10.1. The summed E-state index contributed by atoms with van der Waals surface area (Å²) in [4.78, 5) is 0. The van der Waals surface area contributed by atoms with Gasteiger partial charge < -0.3 is 0 Å². The fourth-order valence-electron chi connectivity index (χ4n) is 0.933. The summed E-state index contributed by atoms with van der Waals surface area (Å²) >= 11 is 1.77. The lowest BCUT2D eigenvalue weighted by Gasteiger charge is -1.99. The molecule has 0 amide bonds. The van der Waals surface area contributed by atoms with Crippen LogP contribution in [0.1, 0.15) is 25.3 Å². The molecule has 0 saturated heterocycles. The van der Waals surface area contributed by atoms with Gasteiger partial charge in [0.25, 0.3) is 0 Å². The molecule has 0 N–H and O–H groups in total. The quantitative estimate of drug-likeness (QED) is 0.599. The zero-order valence-corrected chi connectivity index (χ0v) is 7.79. The van der Waals surface area contributed by atoms with E-state index in [2.05, 4.69) is 30.3 Å². The van der Waals surface area contributed by atoms with Crippen molar-refractivity contribution in [2.24, 2.45) is 0 Å². The Morgan fingerprint density at radius 2 is 2.45 bits per heavy atom. The Morgan fingerprint density at radius 1 is 1.64 bits per heavy atom. The van der Waals surface area contributed by atoms with E-state index in [1.165, 1.54) is 11.1 Å². The number of hydrogen-bond acceptors (Lipinski definition) is 1. The van der Waals surface area contributed by atoms with E-state index in [-0.39, 0.29) is 0 Å². The van der Waals surface area contributed by atoms with Crippen molar-refractivity contribution in [2.75, 3.05) is 0 Å². The summed E-state index contributed by atoms with van der Waals surface area (Å²) in [6.07, 6.45) is 3.42. The number of thiophene rings is 1. The second-order valence-corrected chi connectivity index (χ2v) is 3.52. The maximum absolute atomic E-state index is 3.98. The van der Waals surface area contributed by atoms with Crippen LogP contribution < -0.4 is 0 Å². The monoisotopic (exact) mass is 166 g/mol. The first kappa shape index (κ1) is 8.54. The van der Waals surface area contributed by atoms with Crippen molar-refractivity contribution in [1.82, 2.24) is 0 Å². The third-order valence-electron chi connectivity index (χ3n) is 1.85. The van der Waals surface area contributed by atoms with Crippen molar-refractivity contribution in [3.63, 3.8) is 0 Å². The van der Waals surface area contributed by atoms with Crippen molar-refractivity contribution in [3.05, 3.63) is 34.5 Å². The van der Waals surface area contributed by atoms with Gasteiger partial charge in [-0.1, -0.05) is 19.1 Å². The molecule has 0 saturated carbocycles. The minimum Gasteiger partial charge on any atom is -0.152 e. The fourth-order valence-corrected chi connectivity index (χ4v) is 1.64. The highest BCUT2D eigenvalue weighted by Gasteiger charge is 1.94. The number of hydrogen-bond donors (Lipinski definition) is 0. The second-order valence-electron chi connectivity index (χ2n) is 2.74. The van der Waals surface area contributed by atoms with E-state index in [0.29, 0.717) is 0 Å². The molecule has 0 nitrogen and oxygen atoms in total. The molecule has 0 spiro atoms. The van der Waals surface area contributed by atoms with Gasteiger partial charge in [-0.2, -0.15) is 11.3 Å². The van der Waals surface area contributed by atoms with E-state index in [1.54, 1.807) is 11.3 Å². The predicted molar refractivity (Wildman–Crippen MR) is 52.1 cm³/mol. The Morgan fingerprint density at radius 3 is 3.00 bits per heavy atom. The summed E-state index contributed by atoms with van der Waals surface area (Å²) in [5.41, 5.74) is 2.81. The SMILES string of the molecule is C=C(CC)CCc1ccsc1. The first-order valence-electron chi connectivity index (χ1n) is 4.00. The normalized spacial score (nSPS) is 9.91. The van der Waals surface area contributed by atoms with Crippen LogP contribution in [0.15, 0.2) is 29.0 Å². The lowest BCUT2D eigenvalue weighted by Crippen LogP contribution is -1.83. The topological polar surface area (TPSA) is 0 Å². The van der Waals surface area contributed by atoms with Gasteiger partial charge in [-0.25, -0.2) is 0 Å². The number of aryl methyl sites for hydroxylation is 1. The Balaban J connectivity index is 2.29. The average Bonchev–Trinajstić information content (AvgIpc) is 2.52. The molecule has 0 aliphatic heterocycles. The lowest BCUT2D eigenvalue weighted by molar-refractivity contribution is 0.893. The van der Waals surface area contributed by atoms with Crippen molar-refractivity contribution >= 4 is 11.3 Å². The molecule has 1 aromatic rings. The summed E-state index contributed by atoms with van der Waals surface area (Å²) in [5.74, 6) is 0. The maximum Gasteiger partial charge on any atom is -0.00611 e. The van der Waals surface area contributed by atoms with Crippen LogP contribution in [-0.4, -0.2) is 0 Å². The Bertz CT molecular complexity index is 209. The fraction of sp³-hybridized carbons (Fsp3) is 0.400. The molecule has 11 heavy (non-hydrogen) atoms. The molecular weight excluding hydrogens is 152 g/mol. The molecular formula is C10H14S. The molecule has 0 aliphatic carbocycles. The summed E-state index contributed by atoms with van der Waals surface area (Å²) in [7, 11) is 0. The molecule has 0 aliphatic rings. The largest absolute Gasteiger partial charge is 0.152 e. The molecule has 1 aromatic heterocycles. The zero-order valence-electron chi connectivity index (χ0n) is 6.97. The van der Waals surface area contributed by atoms with Crippen LogP contribution in [0.5, 0.6) is 0 Å². The van der Waals surface area contributed by atoms with Crippen molar-refractivity contribution in [1.29, 1.82) is 0 Å². The van der Waals surface area contributed by atoms with Gasteiger partial charge in [-0.05, 0) is 41.7 Å². The van der Waals surface area contributed by atoms with Crippen molar-refractivity contribution in [3.8, 4) is 0 Å². The van der Waals surface area contributed by atoms with Crippen LogP contribution >= 0.6 is 11.3 Å². The smallest absolute Gasteiger partial charge is 0.00611 e. The number of rotatable bonds is 4. The highest BCUT2D eigenvalue weighted by molar-refractivity contribution is 7.07. The molecule has 0 aromatic carbocycles. The average molecular weight is 166 g/mol. The summed E-state index contributed by atoms with van der Waals surface area (Å²) in [6.45, 7) is 6.14. The Hall–Kier alpha value is -0.560. The summed E-state index contributed by atoms with van der Waals surface area (Å²) in [6, 6.07) is 2.19. The molecule has 0 fully saturated rings. The minimum absolute atomic E-state index is 1.12. The third kappa shape index (κ3) is 2.89. The van der Waals surface area contributed by atoms with Crippen LogP contribution in [0.4, 0.5) is 0 Å². The molecule has 0 atom stereocenters. The molecule has 0 bridgehead atoms. The van der Waals surface area contributed by atoms with E-state index in [9.17, 15) is 0 Å². The van der Waals surface area contributed by atoms with Gasteiger partial charge in [0.1, 0.15) is 0 Å². The van der Waals surface area contributed by atoms with Gasteiger partial charge >= 0.3 is 0 Å². The highest BCUT2D eigenvalue weighted by Crippen LogP contribution is 2.12. The van der Waals surface area contributed by atoms with E-state index < -0.39 is 0 Å². The minimum atomic E-state index is 1.12. The zero-order chi connectivity index (χ0) is 8.10. The molecule has 1 rings (SSSR count). The van der Waals surface area contributed by atoms with Gasteiger partial charge in [0, 0.05) is 0 Å². The molecule has 0 radical (unpaired) electrons. The van der Waals surface area contributed by atoms with Gasteiger partial charge in [-0.15, -0.1) is 0 Å². The molecule has 0 unspecified atom stereocenters. The first-order chi connectivity index (χ1) is 5.33. The van der Waals surface area contributed by atoms with Crippen molar-refractivity contribution in [2.45, 2.75) is 26.2 Å². The summed E-state index contributed by atoms with van der Waals surface area (Å²) < 4.78 is 0. The first-order valence-corrected chi connectivity index (χ1v) is 4.95. The Kier molecular flexibility index (Phi) is 3.37. The van der Waals surface area contributed by atoms with Gasteiger partial charge in [0.15, 0.2) is 0 Å². The van der Waals surface area contributed by atoms with E-state index >= 15 is 0 Å². The van der Waals surface area contributed by atoms with E-state index in [4.69, 9.17) is 0 Å². The number of allylic oxidation sites excluding steroid dienone is 1. The van der Waals surface area contributed by atoms with Crippen LogP contribution in [-0.2, 0) is 6.42 Å². The van der Waals surface area contributed by atoms with E-state index in [1.807, 2.05) is 0 Å². The summed E-state index contributed by atoms with van der Waals surface area (Å²) in [5, 5.41) is 4.34. The van der Waals surface area contributed by atoms with Gasteiger partial charge in [0.2, 0.25) is 0 Å². The predicted octanol–water partition coefficient (Wildman–Crippen LogP) is 3.65. The Labute approximate surface area is 72.6 Å². The molecule has 1 heterocycles. The van der Waals surface area contributed by atoms with Crippen LogP contribution in [0.2, 0.25) is 0 Å². The third-order valence-corrected chi connectivity index (χ3v) is 2.58. The maximum atomic E-state index is 3.98. The van der Waals surface area contributed by atoms with Crippen molar-refractivity contribution < 1.29 is 0 Å². The second kappa shape index (κ2) is 4.35. The van der Waals surface area contributed by atoms with Gasteiger partial charge in [-0.3, -0.25) is 0 Å². The standard InChI is InChI=1S/C10H14S/c1-3-9(2)4-5-10-6-7-11-8-10/h6-8H,2-5H2,1H3. The van der Waals surface area contributed by atoms with Crippen LogP contribution in [0.25, 0.3) is 0 Å². The molecule has 60 valence electrons.